The minimum atomic E-state index is -1.87. The largest absolute Gasteiger partial charge is 0.494 e. The quantitative estimate of drug-likeness (QED) is 0.649. The highest BCUT2D eigenvalue weighted by Gasteiger charge is 2.53. The third-order valence-electron chi connectivity index (χ3n) is 4.21. The van der Waals surface area contributed by atoms with Crippen LogP contribution < -0.4 is 0 Å². The number of aliphatic carboxylic acids is 1. The predicted octanol–water partition coefficient (Wildman–Crippen LogP) is 1.77. The van der Waals surface area contributed by atoms with Crippen LogP contribution in [0.2, 0.25) is 0 Å². The Hall–Kier alpha value is -2.84. The zero-order valence-corrected chi connectivity index (χ0v) is 15.6. The maximum atomic E-state index is 12.3. The molecule has 2 unspecified atom stereocenters. The lowest BCUT2D eigenvalue weighted by atomic mass is 9.88. The summed E-state index contributed by atoms with van der Waals surface area (Å²) in [5.74, 6) is -1.37. The first-order valence-electron chi connectivity index (χ1n) is 8.02. The van der Waals surface area contributed by atoms with Crippen molar-refractivity contribution in [3.8, 4) is 0 Å². The summed E-state index contributed by atoms with van der Waals surface area (Å²) in [6.07, 6.45) is 0.0830. The van der Waals surface area contributed by atoms with Gasteiger partial charge in [-0.05, 0) is 0 Å². The molecule has 0 aliphatic heterocycles. The fourth-order valence-electron chi connectivity index (χ4n) is 2.82. The second-order valence-corrected chi connectivity index (χ2v) is 5.61. The SMILES string of the molecule is COC1=CC(OC)(C(=O)O)C(OC)C(OC)=C1OCC(=O)c1ccccc1. The highest BCUT2D eigenvalue weighted by molar-refractivity contribution is 5.97. The van der Waals surface area contributed by atoms with Crippen LogP contribution in [-0.2, 0) is 28.5 Å². The molecular weight excluding hydrogens is 356 g/mol. The van der Waals surface area contributed by atoms with Crippen LogP contribution in [0.25, 0.3) is 0 Å². The van der Waals surface area contributed by atoms with Gasteiger partial charge in [-0.1, -0.05) is 30.3 Å². The van der Waals surface area contributed by atoms with Crippen molar-refractivity contribution >= 4 is 11.8 Å². The van der Waals surface area contributed by atoms with E-state index in [0.29, 0.717) is 5.56 Å². The van der Waals surface area contributed by atoms with E-state index >= 15 is 0 Å². The van der Waals surface area contributed by atoms with Crippen molar-refractivity contribution in [2.24, 2.45) is 0 Å². The van der Waals surface area contributed by atoms with Gasteiger partial charge in [0, 0.05) is 25.9 Å². The lowest BCUT2D eigenvalue weighted by Crippen LogP contribution is -2.54. The molecule has 2 atom stereocenters. The number of ether oxygens (including phenoxy) is 5. The van der Waals surface area contributed by atoms with E-state index in [1.54, 1.807) is 30.3 Å². The summed E-state index contributed by atoms with van der Waals surface area (Å²) in [4.78, 5) is 24.2. The van der Waals surface area contributed by atoms with Crippen molar-refractivity contribution in [1.29, 1.82) is 0 Å². The highest BCUT2D eigenvalue weighted by Crippen LogP contribution is 2.37. The summed E-state index contributed by atoms with van der Waals surface area (Å²) in [6, 6.07) is 8.63. The molecular formula is C19H22O8. The molecule has 1 aliphatic rings. The van der Waals surface area contributed by atoms with Crippen molar-refractivity contribution in [2.75, 3.05) is 35.0 Å². The Morgan fingerprint density at radius 3 is 2.22 bits per heavy atom. The maximum Gasteiger partial charge on any atom is 0.343 e. The molecule has 27 heavy (non-hydrogen) atoms. The van der Waals surface area contributed by atoms with Gasteiger partial charge in [-0.2, -0.15) is 0 Å². The monoisotopic (exact) mass is 378 g/mol. The molecule has 0 amide bonds. The van der Waals surface area contributed by atoms with Crippen LogP contribution in [0.4, 0.5) is 0 Å². The zero-order chi connectivity index (χ0) is 20.0. The molecule has 0 bridgehead atoms. The number of carbonyl (C=O) groups excluding carboxylic acids is 1. The Morgan fingerprint density at radius 2 is 1.74 bits per heavy atom. The molecule has 0 radical (unpaired) electrons. The van der Waals surface area contributed by atoms with Crippen LogP contribution in [0.5, 0.6) is 0 Å². The van der Waals surface area contributed by atoms with E-state index in [9.17, 15) is 14.7 Å². The van der Waals surface area contributed by atoms with E-state index in [1.165, 1.54) is 34.5 Å². The third-order valence-corrected chi connectivity index (χ3v) is 4.21. The minimum absolute atomic E-state index is 0.0435. The van der Waals surface area contributed by atoms with Crippen LogP contribution >= 0.6 is 0 Å². The first kappa shape index (κ1) is 20.5. The molecule has 1 aliphatic carbocycles. The van der Waals surface area contributed by atoms with Crippen LogP contribution in [0.15, 0.2) is 53.7 Å². The Kier molecular flexibility index (Phi) is 6.59. The molecule has 2 rings (SSSR count). The van der Waals surface area contributed by atoms with E-state index in [2.05, 4.69) is 0 Å². The number of hydrogen-bond acceptors (Lipinski definition) is 7. The van der Waals surface area contributed by atoms with Crippen molar-refractivity contribution in [2.45, 2.75) is 11.7 Å². The molecule has 0 fully saturated rings. The number of hydrogen-bond donors (Lipinski definition) is 1. The van der Waals surface area contributed by atoms with Crippen molar-refractivity contribution in [3.05, 3.63) is 59.2 Å². The van der Waals surface area contributed by atoms with Gasteiger partial charge in [-0.3, -0.25) is 4.79 Å². The summed E-state index contributed by atoms with van der Waals surface area (Å²) < 4.78 is 26.8. The lowest BCUT2D eigenvalue weighted by molar-refractivity contribution is -0.172. The molecule has 146 valence electrons. The number of Topliss-reactive ketones (excluding diaryl/α,β-unsaturated/α-hetero) is 1. The van der Waals surface area contributed by atoms with Gasteiger partial charge in [-0.25, -0.2) is 4.79 Å². The van der Waals surface area contributed by atoms with Crippen LogP contribution in [-0.4, -0.2) is 63.6 Å². The summed E-state index contributed by atoms with van der Waals surface area (Å²) in [5.41, 5.74) is -1.39. The minimum Gasteiger partial charge on any atom is -0.494 e. The third kappa shape index (κ3) is 3.81. The normalized spacial score (nSPS) is 22.1. The van der Waals surface area contributed by atoms with Gasteiger partial charge < -0.3 is 28.8 Å². The average molecular weight is 378 g/mol. The van der Waals surface area contributed by atoms with Gasteiger partial charge in [0.2, 0.25) is 11.4 Å². The average Bonchev–Trinajstić information content (AvgIpc) is 2.70. The molecule has 0 aromatic heterocycles. The number of carboxylic acids is 1. The maximum absolute atomic E-state index is 12.3. The highest BCUT2D eigenvalue weighted by atomic mass is 16.6. The van der Waals surface area contributed by atoms with Crippen LogP contribution in [0.3, 0.4) is 0 Å². The summed E-state index contributed by atoms with van der Waals surface area (Å²) in [6.45, 7) is -0.295. The first-order chi connectivity index (χ1) is 12.9. The zero-order valence-electron chi connectivity index (χ0n) is 15.6. The van der Waals surface area contributed by atoms with Gasteiger partial charge in [0.05, 0.1) is 14.2 Å². The van der Waals surface area contributed by atoms with E-state index in [4.69, 9.17) is 23.7 Å². The van der Waals surface area contributed by atoms with Gasteiger partial charge in [-0.15, -0.1) is 0 Å². The van der Waals surface area contributed by atoms with Crippen molar-refractivity contribution in [1.82, 2.24) is 0 Å². The number of ketones is 1. The molecule has 0 heterocycles. The number of methoxy groups -OCH3 is 4. The Morgan fingerprint density at radius 1 is 1.07 bits per heavy atom. The Labute approximate surface area is 156 Å². The molecule has 1 aromatic carbocycles. The standard InChI is InChI=1S/C19H22O8/c1-23-14-10-19(26-4,18(21)22)17(25-3)16(24-2)15(14)27-11-13(20)12-8-6-5-7-9-12/h5-10,17H,11H2,1-4H3,(H,21,22). The van der Waals surface area contributed by atoms with E-state index in [1.807, 2.05) is 0 Å². The van der Waals surface area contributed by atoms with E-state index in [0.717, 1.165) is 0 Å². The van der Waals surface area contributed by atoms with Gasteiger partial charge in [0.1, 0.15) is 0 Å². The van der Waals surface area contributed by atoms with Crippen LogP contribution in [0, 0.1) is 0 Å². The molecule has 8 heteroatoms. The topological polar surface area (TPSA) is 101 Å². The van der Waals surface area contributed by atoms with Gasteiger partial charge in [0.25, 0.3) is 0 Å². The lowest BCUT2D eigenvalue weighted by Gasteiger charge is -2.37. The van der Waals surface area contributed by atoms with Gasteiger partial charge in [0.15, 0.2) is 30.0 Å². The van der Waals surface area contributed by atoms with Crippen molar-refractivity contribution in [3.63, 3.8) is 0 Å². The Bertz CT molecular complexity index is 752. The smallest absolute Gasteiger partial charge is 0.343 e. The summed E-state index contributed by atoms with van der Waals surface area (Å²) in [5, 5.41) is 9.69. The second kappa shape index (κ2) is 8.70. The number of benzene rings is 1. The number of carbonyl (C=O) groups is 2. The molecule has 1 N–H and O–H groups in total. The molecule has 0 spiro atoms. The summed E-state index contributed by atoms with van der Waals surface area (Å²) in [7, 11) is 5.24. The van der Waals surface area contributed by atoms with Gasteiger partial charge >= 0.3 is 5.97 Å². The summed E-state index contributed by atoms with van der Waals surface area (Å²) >= 11 is 0. The molecule has 0 saturated heterocycles. The van der Waals surface area contributed by atoms with Crippen LogP contribution in [0.1, 0.15) is 10.4 Å². The predicted molar refractivity (Wildman–Crippen MR) is 94.0 cm³/mol. The number of rotatable bonds is 9. The van der Waals surface area contributed by atoms with Crippen molar-refractivity contribution < 1.29 is 38.4 Å². The van der Waals surface area contributed by atoms with E-state index < -0.39 is 17.7 Å². The molecule has 1 aromatic rings. The Balaban J connectivity index is 2.39. The fourth-order valence-corrected chi connectivity index (χ4v) is 2.82. The number of carboxylic acid groups (broad SMARTS) is 1. The first-order valence-corrected chi connectivity index (χ1v) is 8.02. The van der Waals surface area contributed by atoms with E-state index in [-0.39, 0.29) is 29.7 Å². The fraction of sp³-hybridized carbons (Fsp3) is 0.368. The molecule has 8 nitrogen and oxygen atoms in total. The molecule has 0 saturated carbocycles. The second-order valence-electron chi connectivity index (χ2n) is 5.61.